The molecule has 32 heavy (non-hydrogen) atoms. The lowest BCUT2D eigenvalue weighted by Crippen LogP contribution is -2.40. The van der Waals surface area contributed by atoms with Gasteiger partial charge in [0.05, 0.1) is 18.2 Å². The van der Waals surface area contributed by atoms with Crippen molar-refractivity contribution in [2.75, 3.05) is 13.1 Å². The molecule has 2 aliphatic heterocycles. The van der Waals surface area contributed by atoms with Crippen LogP contribution in [-0.4, -0.2) is 39.8 Å². The second-order valence-corrected chi connectivity index (χ2v) is 9.22. The minimum Gasteiger partial charge on any atom is -0.345 e. The van der Waals surface area contributed by atoms with E-state index < -0.39 is 0 Å². The monoisotopic (exact) mass is 448 g/mol. The van der Waals surface area contributed by atoms with Crippen molar-refractivity contribution in [3.8, 4) is 11.3 Å². The summed E-state index contributed by atoms with van der Waals surface area (Å²) in [7, 11) is 0. The Morgan fingerprint density at radius 3 is 2.75 bits per heavy atom. The molecule has 2 N–H and O–H groups in total. The van der Waals surface area contributed by atoms with Crippen molar-refractivity contribution in [3.63, 3.8) is 0 Å². The fourth-order valence-electron chi connectivity index (χ4n) is 4.61. The molecule has 0 bridgehead atoms. The number of carbonyl (C=O) groups is 2. The molecule has 1 saturated heterocycles. The fraction of sp³-hybridized carbons (Fsp3) is 0.333. The van der Waals surface area contributed by atoms with Gasteiger partial charge in [0.2, 0.25) is 5.91 Å². The molecule has 0 spiro atoms. The molecule has 2 amide bonds. The smallest absolute Gasteiger partial charge is 0.252 e. The number of rotatable bonds is 5. The average molecular weight is 449 g/mol. The van der Waals surface area contributed by atoms with Crippen LogP contribution in [-0.2, 0) is 11.2 Å². The number of carbonyl (C=O) groups excluding carboxylic acids is 2. The van der Waals surface area contributed by atoms with Gasteiger partial charge in [-0.3, -0.25) is 14.4 Å². The average Bonchev–Trinajstić information content (AvgIpc) is 3.43. The van der Waals surface area contributed by atoms with Gasteiger partial charge in [-0.05, 0) is 41.8 Å². The number of nitrogens with one attached hydrogen (secondary N) is 2. The Balaban J connectivity index is 1.18. The van der Waals surface area contributed by atoms with Crippen molar-refractivity contribution in [1.29, 1.82) is 0 Å². The van der Waals surface area contributed by atoms with Crippen molar-refractivity contribution in [2.24, 2.45) is 5.92 Å². The van der Waals surface area contributed by atoms with Gasteiger partial charge in [-0.1, -0.05) is 18.2 Å². The zero-order valence-electron chi connectivity index (χ0n) is 17.5. The van der Waals surface area contributed by atoms with Gasteiger partial charge >= 0.3 is 0 Å². The van der Waals surface area contributed by atoms with E-state index in [1.54, 1.807) is 17.4 Å². The van der Waals surface area contributed by atoms with Crippen LogP contribution in [0.4, 0.5) is 0 Å². The molecule has 2 aliphatic rings. The highest BCUT2D eigenvalue weighted by Crippen LogP contribution is 2.29. The quantitative estimate of drug-likeness (QED) is 0.627. The van der Waals surface area contributed by atoms with Crippen molar-refractivity contribution >= 4 is 23.2 Å². The molecule has 0 saturated carbocycles. The molecule has 0 radical (unpaired) electrons. The van der Waals surface area contributed by atoms with Crippen LogP contribution in [0.2, 0.25) is 0 Å². The first kappa shape index (κ1) is 20.6. The number of benzene rings is 1. The van der Waals surface area contributed by atoms with Crippen molar-refractivity contribution in [1.82, 2.24) is 20.2 Å². The molecule has 4 heterocycles. The number of hydrogen-bond donors (Lipinski definition) is 2. The molecule has 8 heteroatoms. The topological polar surface area (TPSA) is 95.2 Å². The van der Waals surface area contributed by atoms with Crippen LogP contribution in [0.15, 0.2) is 52.0 Å². The summed E-state index contributed by atoms with van der Waals surface area (Å²) in [5.74, 6) is 1.03. The summed E-state index contributed by atoms with van der Waals surface area (Å²) < 4.78 is 0. The maximum Gasteiger partial charge on any atom is 0.252 e. The Morgan fingerprint density at radius 2 is 1.97 bits per heavy atom. The summed E-state index contributed by atoms with van der Waals surface area (Å²) in [6, 6.07) is 10.7. The number of fused-ring (bicyclic) bond motifs is 1. The number of aromatic amines is 1. The lowest BCUT2D eigenvalue weighted by atomic mass is 9.92. The van der Waals surface area contributed by atoms with Gasteiger partial charge in [0.15, 0.2) is 0 Å². The van der Waals surface area contributed by atoms with E-state index >= 15 is 0 Å². The molecule has 7 nitrogen and oxygen atoms in total. The number of hydrogen-bond acceptors (Lipinski definition) is 5. The van der Waals surface area contributed by atoms with Crippen molar-refractivity contribution < 1.29 is 9.59 Å². The maximum absolute atomic E-state index is 12.9. The SMILES string of the molecule is O=C1NC(CC(=O)N2CCC(Cc3nc(-c4ccsc4)cc(=O)[nH]3)CC2)c2ccccc21. The molecule has 0 aliphatic carbocycles. The number of piperidine rings is 1. The van der Waals surface area contributed by atoms with Crippen LogP contribution in [0.25, 0.3) is 11.3 Å². The molecule has 3 aromatic rings. The predicted molar refractivity (Wildman–Crippen MR) is 122 cm³/mol. The first-order chi connectivity index (χ1) is 15.6. The Bertz CT molecular complexity index is 1200. The Labute approximate surface area is 189 Å². The van der Waals surface area contributed by atoms with E-state index in [9.17, 15) is 14.4 Å². The van der Waals surface area contributed by atoms with Gasteiger partial charge in [-0.15, -0.1) is 0 Å². The highest BCUT2D eigenvalue weighted by Gasteiger charge is 2.32. The largest absolute Gasteiger partial charge is 0.345 e. The van der Waals surface area contributed by atoms with Crippen molar-refractivity contribution in [2.45, 2.75) is 31.7 Å². The van der Waals surface area contributed by atoms with E-state index in [2.05, 4.69) is 15.3 Å². The first-order valence-corrected chi connectivity index (χ1v) is 11.8. The molecular weight excluding hydrogens is 424 g/mol. The lowest BCUT2D eigenvalue weighted by Gasteiger charge is -2.32. The maximum atomic E-state index is 12.9. The van der Waals surface area contributed by atoms with Gasteiger partial charge in [0.25, 0.3) is 11.5 Å². The van der Waals surface area contributed by atoms with Gasteiger partial charge in [0, 0.05) is 42.1 Å². The van der Waals surface area contributed by atoms with Gasteiger partial charge in [-0.25, -0.2) is 4.98 Å². The molecule has 1 atom stereocenters. The van der Waals surface area contributed by atoms with Crippen LogP contribution >= 0.6 is 11.3 Å². The number of thiophene rings is 1. The number of amides is 2. The summed E-state index contributed by atoms with van der Waals surface area (Å²) >= 11 is 1.58. The number of H-pyrrole nitrogens is 1. The zero-order valence-corrected chi connectivity index (χ0v) is 18.4. The lowest BCUT2D eigenvalue weighted by molar-refractivity contribution is -0.133. The third-order valence-electron chi connectivity index (χ3n) is 6.32. The second-order valence-electron chi connectivity index (χ2n) is 8.44. The molecule has 1 unspecified atom stereocenters. The zero-order chi connectivity index (χ0) is 22.1. The molecule has 1 fully saturated rings. The van der Waals surface area contributed by atoms with E-state index in [1.165, 1.54) is 6.07 Å². The number of nitrogens with zero attached hydrogens (tertiary/aromatic N) is 2. The van der Waals surface area contributed by atoms with Crippen LogP contribution in [0.5, 0.6) is 0 Å². The van der Waals surface area contributed by atoms with Crippen LogP contribution in [0, 0.1) is 5.92 Å². The van der Waals surface area contributed by atoms with Crippen molar-refractivity contribution in [3.05, 3.63) is 74.5 Å². The highest BCUT2D eigenvalue weighted by atomic mass is 32.1. The third kappa shape index (κ3) is 4.23. The minimum absolute atomic E-state index is 0.0661. The van der Waals surface area contributed by atoms with E-state index in [0.717, 1.165) is 24.0 Å². The Hall–Kier alpha value is -3.26. The van der Waals surface area contributed by atoms with E-state index in [-0.39, 0.29) is 29.8 Å². The summed E-state index contributed by atoms with van der Waals surface area (Å²) in [4.78, 5) is 46.5. The van der Waals surface area contributed by atoms with Crippen LogP contribution < -0.4 is 10.9 Å². The number of aromatic nitrogens is 2. The summed E-state index contributed by atoms with van der Waals surface area (Å²) in [5, 5.41) is 6.88. The Kier molecular flexibility index (Phi) is 5.61. The third-order valence-corrected chi connectivity index (χ3v) is 7.01. The standard InChI is InChI=1S/C24H24N4O3S/c29-22-12-19(16-7-10-32-14-16)25-21(27-22)11-15-5-8-28(9-6-15)23(30)13-20-17-3-1-2-4-18(17)24(31)26-20/h1-4,7,10,12,14-15,20H,5-6,8-9,11,13H2,(H,26,31)(H,25,27,29). The molecule has 164 valence electrons. The van der Waals surface area contributed by atoms with E-state index in [4.69, 9.17) is 0 Å². The molecule has 2 aromatic heterocycles. The van der Waals surface area contributed by atoms with Gasteiger partial charge in [0.1, 0.15) is 5.82 Å². The Morgan fingerprint density at radius 1 is 1.16 bits per heavy atom. The van der Waals surface area contributed by atoms with E-state index in [1.807, 2.05) is 39.9 Å². The first-order valence-electron chi connectivity index (χ1n) is 10.9. The number of likely N-dealkylation sites (tertiary alicyclic amines) is 1. The summed E-state index contributed by atoms with van der Waals surface area (Å²) in [6.07, 6.45) is 2.71. The highest BCUT2D eigenvalue weighted by molar-refractivity contribution is 7.08. The summed E-state index contributed by atoms with van der Waals surface area (Å²) in [6.45, 7) is 1.36. The van der Waals surface area contributed by atoms with Gasteiger partial charge in [-0.2, -0.15) is 11.3 Å². The molecule has 5 rings (SSSR count). The normalized spacial score (nSPS) is 18.4. The van der Waals surface area contributed by atoms with Crippen LogP contribution in [0.3, 0.4) is 0 Å². The van der Waals surface area contributed by atoms with Crippen LogP contribution in [0.1, 0.15) is 47.1 Å². The fourth-order valence-corrected chi connectivity index (χ4v) is 5.26. The predicted octanol–water partition coefficient (Wildman–Crippen LogP) is 3.15. The molecular formula is C24H24N4O3S. The molecule has 1 aromatic carbocycles. The second kappa shape index (κ2) is 8.70. The minimum atomic E-state index is -0.252. The summed E-state index contributed by atoms with van der Waals surface area (Å²) in [5.41, 5.74) is 3.10. The van der Waals surface area contributed by atoms with E-state index in [0.29, 0.717) is 42.5 Å². The van der Waals surface area contributed by atoms with Gasteiger partial charge < -0.3 is 15.2 Å².